The molecule has 0 saturated heterocycles. The number of hydrogen-bond acceptors (Lipinski definition) is 5. The first-order valence-corrected chi connectivity index (χ1v) is 11.1. The Labute approximate surface area is 164 Å². The third-order valence-corrected chi connectivity index (χ3v) is 7.64. The summed E-state index contributed by atoms with van der Waals surface area (Å²) in [5.41, 5.74) is 8.58. The lowest BCUT2D eigenvalue weighted by Gasteiger charge is -2.16. The molecule has 0 unspecified atom stereocenters. The Hall–Kier alpha value is -2.25. The number of aliphatic hydroxyl groups excluding tert-OH is 1. The number of fused-ring (bicyclic) bond motifs is 1. The topological polar surface area (TPSA) is 92.8 Å². The van der Waals surface area contributed by atoms with Crippen molar-refractivity contribution in [2.75, 3.05) is 5.75 Å². The second-order valence-electron chi connectivity index (χ2n) is 7.68. The predicted octanol–water partition coefficient (Wildman–Crippen LogP) is 2.95. The van der Waals surface area contributed by atoms with Crippen molar-refractivity contribution < 1.29 is 17.9 Å². The Balaban J connectivity index is 1.68. The van der Waals surface area contributed by atoms with E-state index in [-0.39, 0.29) is 22.4 Å². The van der Waals surface area contributed by atoms with Crippen LogP contribution in [0.4, 0.5) is 4.39 Å². The van der Waals surface area contributed by atoms with Crippen molar-refractivity contribution in [1.29, 1.82) is 0 Å². The third kappa shape index (κ3) is 3.22. The Bertz CT molecular complexity index is 1080. The minimum Gasteiger partial charge on any atom is -0.393 e. The molecule has 2 aliphatic rings. The smallest absolute Gasteiger partial charge is 0.178 e. The van der Waals surface area contributed by atoms with Gasteiger partial charge in [0.15, 0.2) is 9.84 Å². The highest BCUT2D eigenvalue weighted by atomic mass is 32.2. The number of aliphatic imine (C=N–C) groups is 1. The normalized spacial score (nSPS) is 21.6. The molecule has 4 rings (SSSR count). The maximum Gasteiger partial charge on any atom is 0.178 e. The molecule has 3 N–H and O–H groups in total. The third-order valence-electron chi connectivity index (χ3n) is 5.80. The number of amidine groups is 1. The van der Waals surface area contributed by atoms with Crippen molar-refractivity contribution in [1.82, 2.24) is 0 Å². The van der Waals surface area contributed by atoms with Crippen molar-refractivity contribution in [2.45, 2.75) is 43.7 Å². The standard InChI is InChI=1S/C21H23FN2O3S/c1-12-9-15(28(26,27)11-14-3-2-4-18(14)25)6-8-16(12)17-7-5-13-10-24-21(23)19(13)20(17)22/h5-9,14,18,25H,2-4,10-11H2,1H3,(H2,23,24)/t14-,18-/m0/s1. The van der Waals surface area contributed by atoms with Crippen molar-refractivity contribution in [3.05, 3.63) is 52.8 Å². The largest absolute Gasteiger partial charge is 0.393 e. The first-order chi connectivity index (χ1) is 13.3. The number of aryl methyl sites for hydroxylation is 1. The van der Waals surface area contributed by atoms with Crippen LogP contribution in [-0.4, -0.2) is 31.2 Å². The summed E-state index contributed by atoms with van der Waals surface area (Å²) in [6.45, 7) is 2.14. The first-order valence-electron chi connectivity index (χ1n) is 9.41. The fraction of sp³-hybridized carbons (Fsp3) is 0.381. The SMILES string of the molecule is Cc1cc(S(=O)(=O)C[C@@H]2CCC[C@@H]2O)ccc1-c1ccc2c(c1F)C(N)=NC2. The van der Waals surface area contributed by atoms with Gasteiger partial charge in [-0.25, -0.2) is 12.8 Å². The van der Waals surface area contributed by atoms with Crippen molar-refractivity contribution in [3.63, 3.8) is 0 Å². The highest BCUT2D eigenvalue weighted by molar-refractivity contribution is 7.91. The van der Waals surface area contributed by atoms with Crippen LogP contribution < -0.4 is 5.73 Å². The number of hydrogen-bond donors (Lipinski definition) is 2. The molecule has 0 amide bonds. The Morgan fingerprint density at radius 1 is 1.21 bits per heavy atom. The van der Waals surface area contributed by atoms with E-state index in [1.165, 1.54) is 6.07 Å². The van der Waals surface area contributed by atoms with Gasteiger partial charge in [0, 0.05) is 5.56 Å². The lowest BCUT2D eigenvalue weighted by molar-refractivity contribution is 0.142. The first kappa shape index (κ1) is 19.1. The molecule has 148 valence electrons. The van der Waals surface area contributed by atoms with Crippen LogP contribution in [0.5, 0.6) is 0 Å². The van der Waals surface area contributed by atoms with E-state index in [1.807, 2.05) is 6.07 Å². The fourth-order valence-electron chi connectivity index (χ4n) is 4.20. The number of aliphatic hydroxyl groups is 1. The highest BCUT2D eigenvalue weighted by Crippen LogP contribution is 2.34. The average Bonchev–Trinajstić information content (AvgIpc) is 3.22. The van der Waals surface area contributed by atoms with Crippen LogP contribution in [0, 0.1) is 18.7 Å². The summed E-state index contributed by atoms with van der Waals surface area (Å²) < 4.78 is 40.6. The van der Waals surface area contributed by atoms with Crippen LogP contribution in [0.3, 0.4) is 0 Å². The van der Waals surface area contributed by atoms with Gasteiger partial charge in [-0.2, -0.15) is 0 Å². The average molecular weight is 402 g/mol. The van der Waals surface area contributed by atoms with Gasteiger partial charge in [0.25, 0.3) is 0 Å². The maximum absolute atomic E-state index is 15.0. The number of halogens is 1. The summed E-state index contributed by atoms with van der Waals surface area (Å²) in [7, 11) is -3.52. The molecule has 28 heavy (non-hydrogen) atoms. The van der Waals surface area contributed by atoms with Crippen LogP contribution >= 0.6 is 0 Å². The molecular weight excluding hydrogens is 379 g/mol. The van der Waals surface area contributed by atoms with Gasteiger partial charge in [0.1, 0.15) is 11.7 Å². The Kier molecular flexibility index (Phi) is 4.75. The summed E-state index contributed by atoms with van der Waals surface area (Å²) in [5.74, 6) is -0.514. The van der Waals surface area contributed by atoms with Crippen LogP contribution in [0.25, 0.3) is 11.1 Å². The van der Waals surface area contributed by atoms with Crippen LogP contribution in [0.2, 0.25) is 0 Å². The van der Waals surface area contributed by atoms with Crippen LogP contribution in [-0.2, 0) is 16.4 Å². The molecule has 5 nitrogen and oxygen atoms in total. The number of nitrogens with two attached hydrogens (primary N) is 1. The fourth-order valence-corrected chi connectivity index (χ4v) is 5.98. The molecule has 0 bridgehead atoms. The van der Waals surface area contributed by atoms with Gasteiger partial charge in [-0.05, 0) is 54.5 Å². The quantitative estimate of drug-likeness (QED) is 0.822. The summed E-state index contributed by atoms with van der Waals surface area (Å²) in [4.78, 5) is 4.28. The molecular formula is C21H23FN2O3S. The van der Waals surface area contributed by atoms with Gasteiger partial charge in [-0.15, -0.1) is 0 Å². The van der Waals surface area contributed by atoms with Gasteiger partial charge in [-0.3, -0.25) is 4.99 Å². The molecule has 1 saturated carbocycles. The molecule has 1 fully saturated rings. The van der Waals surface area contributed by atoms with Gasteiger partial charge >= 0.3 is 0 Å². The van der Waals surface area contributed by atoms with E-state index < -0.39 is 21.8 Å². The number of sulfone groups is 1. The number of nitrogens with zero attached hydrogens (tertiary/aromatic N) is 1. The molecule has 0 aromatic heterocycles. The lowest BCUT2D eigenvalue weighted by Crippen LogP contribution is -2.23. The molecule has 1 aliphatic carbocycles. The lowest BCUT2D eigenvalue weighted by atomic mass is 9.96. The summed E-state index contributed by atoms with van der Waals surface area (Å²) in [6, 6.07) is 8.23. The van der Waals surface area contributed by atoms with Gasteiger partial charge in [0.05, 0.1) is 28.9 Å². The molecule has 2 aromatic rings. The summed E-state index contributed by atoms with van der Waals surface area (Å²) in [6.07, 6.45) is 1.68. The molecule has 2 atom stereocenters. The zero-order valence-electron chi connectivity index (χ0n) is 15.7. The van der Waals surface area contributed by atoms with Crippen molar-refractivity contribution in [3.8, 4) is 11.1 Å². The van der Waals surface area contributed by atoms with Gasteiger partial charge in [-0.1, -0.05) is 24.6 Å². The highest BCUT2D eigenvalue weighted by Gasteiger charge is 2.31. The molecule has 7 heteroatoms. The van der Waals surface area contributed by atoms with E-state index in [9.17, 15) is 13.5 Å². The van der Waals surface area contributed by atoms with E-state index in [0.717, 1.165) is 18.4 Å². The van der Waals surface area contributed by atoms with E-state index in [4.69, 9.17) is 5.73 Å². The van der Waals surface area contributed by atoms with Gasteiger partial charge in [0.2, 0.25) is 0 Å². The molecule has 1 heterocycles. The van der Waals surface area contributed by atoms with Gasteiger partial charge < -0.3 is 10.8 Å². The van der Waals surface area contributed by atoms with Crippen LogP contribution in [0.1, 0.15) is 36.0 Å². The van der Waals surface area contributed by atoms with Crippen molar-refractivity contribution >= 4 is 15.7 Å². The van der Waals surface area contributed by atoms with E-state index in [2.05, 4.69) is 4.99 Å². The predicted molar refractivity (Wildman–Crippen MR) is 106 cm³/mol. The Morgan fingerprint density at radius 3 is 2.64 bits per heavy atom. The second-order valence-corrected chi connectivity index (χ2v) is 9.71. The molecule has 0 spiro atoms. The second kappa shape index (κ2) is 6.97. The monoisotopic (exact) mass is 402 g/mol. The number of rotatable bonds is 4. The summed E-state index contributed by atoms with van der Waals surface area (Å²) >= 11 is 0. The maximum atomic E-state index is 15.0. The van der Waals surface area contributed by atoms with E-state index in [0.29, 0.717) is 35.2 Å². The zero-order valence-corrected chi connectivity index (χ0v) is 16.5. The minimum absolute atomic E-state index is 0.0623. The van der Waals surface area contributed by atoms with Crippen LogP contribution in [0.15, 0.2) is 40.2 Å². The summed E-state index contributed by atoms with van der Waals surface area (Å²) in [5, 5.41) is 9.95. The van der Waals surface area contributed by atoms with E-state index >= 15 is 4.39 Å². The molecule has 2 aromatic carbocycles. The minimum atomic E-state index is -3.52. The van der Waals surface area contributed by atoms with Crippen molar-refractivity contribution in [2.24, 2.45) is 16.6 Å². The van der Waals surface area contributed by atoms with E-state index in [1.54, 1.807) is 25.1 Å². The molecule has 1 aliphatic heterocycles. The Morgan fingerprint density at radius 2 is 1.96 bits per heavy atom. The zero-order chi connectivity index (χ0) is 20.1. The molecule has 0 radical (unpaired) electrons. The number of benzene rings is 2.